The number of methoxy groups -OCH3 is 1. The molecule has 0 bridgehead atoms. The average Bonchev–Trinajstić information content (AvgIpc) is 2.47. The van der Waals surface area contributed by atoms with Crippen LogP contribution in [-0.4, -0.2) is 24.5 Å². The second-order valence-corrected chi connectivity index (χ2v) is 4.30. The van der Waals surface area contributed by atoms with Gasteiger partial charge in [0.25, 0.3) is 5.91 Å². The smallest absolute Gasteiger partial charge is 0.251 e. The zero-order chi connectivity index (χ0) is 14.4. The van der Waals surface area contributed by atoms with E-state index in [4.69, 9.17) is 4.74 Å². The number of nitrogens with one attached hydrogen (secondary N) is 2. The molecule has 0 spiro atoms. The number of rotatable bonds is 5. The zero-order valence-corrected chi connectivity index (χ0v) is 11.2. The Balaban J connectivity index is 1.89. The highest BCUT2D eigenvalue weighted by atomic mass is 16.5. The molecule has 1 aromatic heterocycles. The van der Waals surface area contributed by atoms with E-state index in [9.17, 15) is 9.59 Å². The van der Waals surface area contributed by atoms with Crippen molar-refractivity contribution < 1.29 is 9.53 Å². The summed E-state index contributed by atoms with van der Waals surface area (Å²) in [7, 11) is 1.62. The zero-order valence-electron chi connectivity index (χ0n) is 11.2. The van der Waals surface area contributed by atoms with Crippen molar-refractivity contribution in [2.24, 2.45) is 0 Å². The number of amides is 1. The number of H-pyrrole nitrogens is 1. The summed E-state index contributed by atoms with van der Waals surface area (Å²) in [5, 5.41) is 2.78. The molecule has 1 heterocycles. The van der Waals surface area contributed by atoms with Gasteiger partial charge in [0.1, 0.15) is 5.75 Å². The summed E-state index contributed by atoms with van der Waals surface area (Å²) in [6, 6.07) is 10.5. The van der Waals surface area contributed by atoms with Gasteiger partial charge >= 0.3 is 0 Å². The molecule has 20 heavy (non-hydrogen) atoms. The molecule has 104 valence electrons. The SMILES string of the molecule is COc1cccc(CCNC(=O)c2cc[nH]c(=O)c2)c1. The van der Waals surface area contributed by atoms with E-state index in [1.807, 2.05) is 24.3 Å². The van der Waals surface area contributed by atoms with Crippen LogP contribution in [0.15, 0.2) is 47.4 Å². The van der Waals surface area contributed by atoms with Gasteiger partial charge in [-0.15, -0.1) is 0 Å². The summed E-state index contributed by atoms with van der Waals surface area (Å²) in [5.41, 5.74) is 1.15. The number of ether oxygens (including phenoxy) is 1. The van der Waals surface area contributed by atoms with Gasteiger partial charge in [0.2, 0.25) is 5.56 Å². The van der Waals surface area contributed by atoms with E-state index in [0.29, 0.717) is 18.5 Å². The predicted molar refractivity (Wildman–Crippen MR) is 76.1 cm³/mol. The summed E-state index contributed by atoms with van der Waals surface area (Å²) in [6.45, 7) is 0.499. The Labute approximate surface area is 116 Å². The van der Waals surface area contributed by atoms with Gasteiger partial charge in [-0.25, -0.2) is 0 Å². The second-order valence-electron chi connectivity index (χ2n) is 4.30. The molecule has 0 aliphatic carbocycles. The lowest BCUT2D eigenvalue weighted by molar-refractivity contribution is 0.0954. The molecule has 0 aliphatic rings. The molecule has 0 radical (unpaired) electrons. The minimum absolute atomic E-state index is 0.251. The van der Waals surface area contributed by atoms with E-state index in [2.05, 4.69) is 10.3 Å². The Hall–Kier alpha value is -2.56. The summed E-state index contributed by atoms with van der Waals surface area (Å²) in [4.78, 5) is 25.4. The highest BCUT2D eigenvalue weighted by molar-refractivity contribution is 5.93. The number of aromatic amines is 1. The number of carbonyl (C=O) groups is 1. The van der Waals surface area contributed by atoms with Crippen LogP contribution in [0, 0.1) is 0 Å². The fraction of sp³-hybridized carbons (Fsp3) is 0.200. The third kappa shape index (κ3) is 3.71. The molecule has 0 atom stereocenters. The first-order valence-electron chi connectivity index (χ1n) is 6.29. The van der Waals surface area contributed by atoms with Crippen molar-refractivity contribution in [3.05, 3.63) is 64.1 Å². The largest absolute Gasteiger partial charge is 0.497 e. The average molecular weight is 272 g/mol. The van der Waals surface area contributed by atoms with Crippen molar-refractivity contribution in [1.82, 2.24) is 10.3 Å². The van der Waals surface area contributed by atoms with Crippen molar-refractivity contribution in [3.8, 4) is 5.75 Å². The normalized spacial score (nSPS) is 10.1. The molecule has 1 aromatic carbocycles. The molecule has 2 N–H and O–H groups in total. The van der Waals surface area contributed by atoms with Crippen LogP contribution < -0.4 is 15.6 Å². The molecule has 0 unspecified atom stereocenters. The van der Waals surface area contributed by atoms with Crippen LogP contribution in [0.4, 0.5) is 0 Å². The Kier molecular flexibility index (Phi) is 4.55. The van der Waals surface area contributed by atoms with Gasteiger partial charge in [0.05, 0.1) is 7.11 Å². The van der Waals surface area contributed by atoms with Gasteiger partial charge in [0.15, 0.2) is 0 Å². The molecule has 2 aromatic rings. The Bertz CT molecular complexity index is 649. The highest BCUT2D eigenvalue weighted by Crippen LogP contribution is 2.12. The lowest BCUT2D eigenvalue weighted by atomic mass is 10.1. The summed E-state index contributed by atoms with van der Waals surface area (Å²) >= 11 is 0. The van der Waals surface area contributed by atoms with E-state index in [1.165, 1.54) is 12.3 Å². The predicted octanol–water partition coefficient (Wildman–Crippen LogP) is 1.36. The number of pyridine rings is 1. The molecule has 2 rings (SSSR count). The van der Waals surface area contributed by atoms with Gasteiger partial charge < -0.3 is 15.0 Å². The summed E-state index contributed by atoms with van der Waals surface area (Å²) in [6.07, 6.45) is 2.16. The molecular weight excluding hydrogens is 256 g/mol. The Morgan fingerprint density at radius 2 is 2.15 bits per heavy atom. The molecular formula is C15H16N2O3. The summed E-state index contributed by atoms with van der Waals surface area (Å²) in [5.74, 6) is 0.544. The number of hydrogen-bond acceptors (Lipinski definition) is 3. The monoisotopic (exact) mass is 272 g/mol. The highest BCUT2D eigenvalue weighted by Gasteiger charge is 2.05. The van der Waals surface area contributed by atoms with Crippen LogP contribution >= 0.6 is 0 Å². The minimum atomic E-state index is -0.287. The first-order chi connectivity index (χ1) is 9.69. The van der Waals surface area contributed by atoms with Crippen molar-refractivity contribution in [1.29, 1.82) is 0 Å². The number of carbonyl (C=O) groups excluding carboxylic acids is 1. The molecule has 5 heteroatoms. The van der Waals surface area contributed by atoms with Crippen molar-refractivity contribution in [3.63, 3.8) is 0 Å². The standard InChI is InChI=1S/C15H16N2O3/c1-20-13-4-2-3-11(9-13)5-7-17-15(19)12-6-8-16-14(18)10-12/h2-4,6,8-10H,5,7H2,1H3,(H,16,18)(H,17,19). The van der Waals surface area contributed by atoms with E-state index < -0.39 is 0 Å². The van der Waals surface area contributed by atoms with Gasteiger partial charge in [-0.05, 0) is 30.2 Å². The number of benzene rings is 1. The van der Waals surface area contributed by atoms with Crippen LogP contribution in [0.5, 0.6) is 5.75 Å². The van der Waals surface area contributed by atoms with Crippen LogP contribution in [-0.2, 0) is 6.42 Å². The number of hydrogen-bond donors (Lipinski definition) is 2. The van der Waals surface area contributed by atoms with E-state index in [1.54, 1.807) is 13.2 Å². The fourth-order valence-corrected chi connectivity index (χ4v) is 1.84. The molecule has 0 fully saturated rings. The van der Waals surface area contributed by atoms with Crippen LogP contribution in [0.2, 0.25) is 0 Å². The van der Waals surface area contributed by atoms with E-state index >= 15 is 0 Å². The van der Waals surface area contributed by atoms with Gasteiger partial charge in [-0.1, -0.05) is 12.1 Å². The van der Waals surface area contributed by atoms with Crippen molar-refractivity contribution >= 4 is 5.91 Å². The lowest BCUT2D eigenvalue weighted by Gasteiger charge is -2.06. The molecule has 0 saturated carbocycles. The maximum Gasteiger partial charge on any atom is 0.251 e. The maximum absolute atomic E-state index is 11.8. The van der Waals surface area contributed by atoms with Crippen LogP contribution in [0.25, 0.3) is 0 Å². The van der Waals surface area contributed by atoms with Gasteiger partial charge in [-0.2, -0.15) is 0 Å². The van der Waals surface area contributed by atoms with Crippen LogP contribution in [0.1, 0.15) is 15.9 Å². The van der Waals surface area contributed by atoms with Gasteiger partial charge in [-0.3, -0.25) is 9.59 Å². The lowest BCUT2D eigenvalue weighted by Crippen LogP contribution is -2.26. The van der Waals surface area contributed by atoms with Crippen LogP contribution in [0.3, 0.4) is 0 Å². The van der Waals surface area contributed by atoms with Crippen molar-refractivity contribution in [2.75, 3.05) is 13.7 Å². The molecule has 5 nitrogen and oxygen atoms in total. The van der Waals surface area contributed by atoms with Crippen molar-refractivity contribution in [2.45, 2.75) is 6.42 Å². The summed E-state index contributed by atoms with van der Waals surface area (Å²) < 4.78 is 5.14. The minimum Gasteiger partial charge on any atom is -0.497 e. The van der Waals surface area contributed by atoms with E-state index in [0.717, 1.165) is 11.3 Å². The Morgan fingerprint density at radius 1 is 1.30 bits per heavy atom. The molecule has 0 aliphatic heterocycles. The molecule has 0 saturated heterocycles. The van der Waals surface area contributed by atoms with Gasteiger partial charge in [0, 0.05) is 24.4 Å². The third-order valence-electron chi connectivity index (χ3n) is 2.87. The maximum atomic E-state index is 11.8. The first kappa shape index (κ1) is 13.9. The topological polar surface area (TPSA) is 71.2 Å². The van der Waals surface area contributed by atoms with E-state index in [-0.39, 0.29) is 11.5 Å². The first-order valence-corrected chi connectivity index (χ1v) is 6.29. The fourth-order valence-electron chi connectivity index (χ4n) is 1.84. The number of aromatic nitrogens is 1. The molecule has 1 amide bonds. The Morgan fingerprint density at radius 3 is 2.90 bits per heavy atom. The second kappa shape index (κ2) is 6.56. The third-order valence-corrected chi connectivity index (χ3v) is 2.87. The quantitative estimate of drug-likeness (QED) is 0.863.